The molecule has 0 spiro atoms. The molecule has 5 nitrogen and oxygen atoms in total. The van der Waals surface area contributed by atoms with Gasteiger partial charge in [-0.2, -0.15) is 0 Å². The van der Waals surface area contributed by atoms with Crippen LogP contribution < -0.4 is 5.32 Å². The van der Waals surface area contributed by atoms with E-state index in [1.54, 1.807) is 0 Å². The molecule has 0 bridgehead atoms. The van der Waals surface area contributed by atoms with Gasteiger partial charge in [0.15, 0.2) is 0 Å². The summed E-state index contributed by atoms with van der Waals surface area (Å²) in [7, 11) is 0. The highest BCUT2D eigenvalue weighted by Crippen LogP contribution is 2.26. The van der Waals surface area contributed by atoms with Crippen molar-refractivity contribution in [1.82, 2.24) is 4.90 Å². The number of benzene rings is 2. The number of nitrogens with zero attached hydrogens (tertiary/aromatic N) is 1. The number of aryl methyl sites for hydroxylation is 2. The van der Waals surface area contributed by atoms with Gasteiger partial charge >= 0.3 is 6.09 Å². The zero-order chi connectivity index (χ0) is 19.4. The van der Waals surface area contributed by atoms with Gasteiger partial charge in [-0.25, -0.2) is 4.79 Å². The number of rotatable bonds is 4. The van der Waals surface area contributed by atoms with Crippen molar-refractivity contribution in [3.05, 3.63) is 62.7 Å². The van der Waals surface area contributed by atoms with Crippen molar-refractivity contribution in [3.63, 3.8) is 0 Å². The number of nitrogens with one attached hydrogen (secondary N) is 1. The molecular weight excluding hydrogens is 455 g/mol. The SMILES string of the molecule is Cc1cc(I)cc(C)c1NC(=O)[C@H]1CCCN1C(=O)OCc1ccccc1. The first-order chi connectivity index (χ1) is 13.0. The normalized spacial score (nSPS) is 16.3. The molecular formula is C21H23IN2O3. The molecule has 1 saturated heterocycles. The van der Waals surface area contributed by atoms with Gasteiger partial charge in [0.1, 0.15) is 12.6 Å². The number of likely N-dealkylation sites (tertiary alicyclic amines) is 1. The van der Waals surface area contributed by atoms with Gasteiger partial charge in [0.25, 0.3) is 0 Å². The fourth-order valence-corrected chi connectivity index (χ4v) is 4.31. The first-order valence-electron chi connectivity index (χ1n) is 9.00. The summed E-state index contributed by atoms with van der Waals surface area (Å²) in [4.78, 5) is 26.9. The van der Waals surface area contributed by atoms with Crippen molar-refractivity contribution in [2.45, 2.75) is 39.3 Å². The van der Waals surface area contributed by atoms with Crippen LogP contribution in [0.5, 0.6) is 0 Å². The van der Waals surface area contributed by atoms with Gasteiger partial charge < -0.3 is 10.1 Å². The fourth-order valence-electron chi connectivity index (χ4n) is 3.37. The van der Waals surface area contributed by atoms with Gasteiger partial charge in [-0.1, -0.05) is 30.3 Å². The van der Waals surface area contributed by atoms with E-state index in [-0.39, 0.29) is 12.5 Å². The predicted molar refractivity (Wildman–Crippen MR) is 114 cm³/mol. The summed E-state index contributed by atoms with van der Waals surface area (Å²) in [6.07, 6.45) is 1.00. The van der Waals surface area contributed by atoms with Crippen LogP contribution in [-0.2, 0) is 16.1 Å². The maximum Gasteiger partial charge on any atom is 0.410 e. The summed E-state index contributed by atoms with van der Waals surface area (Å²) in [6.45, 7) is 4.70. The number of hydrogen-bond acceptors (Lipinski definition) is 3. The number of halogens is 1. The Balaban J connectivity index is 1.65. The standard InChI is InChI=1S/C21H23IN2O3/c1-14-11-17(22)12-15(2)19(14)23-20(25)18-9-6-10-24(18)21(26)27-13-16-7-4-3-5-8-16/h3-5,7-8,11-12,18H,6,9-10,13H2,1-2H3,(H,23,25)/t18-/m1/s1. The predicted octanol–water partition coefficient (Wildman–Crippen LogP) is 4.65. The molecule has 3 rings (SSSR count). The quantitative estimate of drug-likeness (QED) is 0.652. The van der Waals surface area contributed by atoms with E-state index in [1.165, 1.54) is 4.90 Å². The van der Waals surface area contributed by atoms with E-state index in [9.17, 15) is 9.59 Å². The Bertz CT molecular complexity index is 816. The minimum Gasteiger partial charge on any atom is -0.445 e. The highest BCUT2D eigenvalue weighted by molar-refractivity contribution is 14.1. The van der Waals surface area contributed by atoms with Crippen LogP contribution in [-0.4, -0.2) is 29.5 Å². The molecule has 2 aromatic carbocycles. The Morgan fingerprint density at radius 1 is 1.19 bits per heavy atom. The van der Waals surface area contributed by atoms with Crippen LogP contribution in [0.2, 0.25) is 0 Å². The summed E-state index contributed by atoms with van der Waals surface area (Å²) in [6, 6.07) is 13.1. The minimum atomic E-state index is -0.494. The molecule has 142 valence electrons. The Labute approximate surface area is 173 Å². The van der Waals surface area contributed by atoms with Crippen LogP contribution in [0.3, 0.4) is 0 Å². The average molecular weight is 478 g/mol. The van der Waals surface area contributed by atoms with Crippen molar-refractivity contribution >= 4 is 40.3 Å². The highest BCUT2D eigenvalue weighted by atomic mass is 127. The third-order valence-electron chi connectivity index (χ3n) is 4.74. The molecule has 1 aliphatic heterocycles. The number of hydrogen-bond donors (Lipinski definition) is 1. The second-order valence-corrected chi connectivity index (χ2v) is 8.04. The van der Waals surface area contributed by atoms with E-state index in [1.807, 2.05) is 56.3 Å². The van der Waals surface area contributed by atoms with Gasteiger partial charge in [-0.05, 0) is 78.1 Å². The van der Waals surface area contributed by atoms with Crippen LogP contribution >= 0.6 is 22.6 Å². The van der Waals surface area contributed by atoms with Crippen LogP contribution in [0.25, 0.3) is 0 Å². The van der Waals surface area contributed by atoms with Crippen LogP contribution in [0.1, 0.15) is 29.5 Å². The first-order valence-corrected chi connectivity index (χ1v) is 10.1. The summed E-state index contributed by atoms with van der Waals surface area (Å²) >= 11 is 2.26. The lowest BCUT2D eigenvalue weighted by molar-refractivity contribution is -0.120. The lowest BCUT2D eigenvalue weighted by atomic mass is 10.1. The number of amides is 2. The molecule has 1 N–H and O–H groups in total. The molecule has 6 heteroatoms. The molecule has 1 atom stereocenters. The van der Waals surface area contributed by atoms with E-state index >= 15 is 0 Å². The Kier molecular flexibility index (Phi) is 6.36. The smallest absolute Gasteiger partial charge is 0.410 e. The van der Waals surface area contributed by atoms with Gasteiger partial charge in [-0.15, -0.1) is 0 Å². The number of ether oxygens (including phenoxy) is 1. The summed E-state index contributed by atoms with van der Waals surface area (Å²) < 4.78 is 6.54. The van der Waals surface area contributed by atoms with Crippen LogP contribution in [0, 0.1) is 17.4 Å². The second-order valence-electron chi connectivity index (χ2n) is 6.80. The molecule has 2 amide bonds. The Morgan fingerprint density at radius 3 is 2.52 bits per heavy atom. The zero-order valence-corrected chi connectivity index (χ0v) is 17.7. The molecule has 0 radical (unpaired) electrons. The maximum atomic E-state index is 12.8. The molecule has 1 aliphatic rings. The lowest BCUT2D eigenvalue weighted by Gasteiger charge is -2.24. The first kappa shape index (κ1) is 19.7. The van der Waals surface area contributed by atoms with E-state index in [0.29, 0.717) is 13.0 Å². The summed E-state index contributed by atoms with van der Waals surface area (Å²) in [5, 5.41) is 3.01. The third kappa shape index (κ3) is 4.80. The fraction of sp³-hybridized carbons (Fsp3) is 0.333. The monoisotopic (exact) mass is 478 g/mol. The molecule has 1 heterocycles. The average Bonchev–Trinajstić information content (AvgIpc) is 3.13. The number of anilines is 1. The summed E-state index contributed by atoms with van der Waals surface area (Å²) in [5.74, 6) is -0.156. The van der Waals surface area contributed by atoms with Gasteiger partial charge in [0.05, 0.1) is 0 Å². The van der Waals surface area contributed by atoms with Crippen molar-refractivity contribution in [1.29, 1.82) is 0 Å². The molecule has 0 aromatic heterocycles. The Morgan fingerprint density at radius 2 is 1.85 bits per heavy atom. The van der Waals surface area contributed by atoms with Crippen molar-refractivity contribution < 1.29 is 14.3 Å². The molecule has 0 saturated carbocycles. The molecule has 0 aliphatic carbocycles. The second kappa shape index (κ2) is 8.73. The van der Waals surface area contributed by atoms with Crippen molar-refractivity contribution in [2.24, 2.45) is 0 Å². The van der Waals surface area contributed by atoms with Crippen molar-refractivity contribution in [2.75, 3.05) is 11.9 Å². The molecule has 1 fully saturated rings. The van der Waals surface area contributed by atoms with Gasteiger partial charge in [0, 0.05) is 15.8 Å². The molecule has 0 unspecified atom stereocenters. The number of carbonyl (C=O) groups excluding carboxylic acids is 2. The van der Waals surface area contributed by atoms with Gasteiger partial charge in [-0.3, -0.25) is 9.69 Å². The maximum absolute atomic E-state index is 12.8. The largest absolute Gasteiger partial charge is 0.445 e. The van der Waals surface area contributed by atoms with E-state index < -0.39 is 12.1 Å². The topological polar surface area (TPSA) is 58.6 Å². The van der Waals surface area contributed by atoms with Crippen LogP contribution in [0.4, 0.5) is 10.5 Å². The zero-order valence-electron chi connectivity index (χ0n) is 15.5. The van der Waals surface area contributed by atoms with E-state index in [0.717, 1.165) is 32.4 Å². The molecule has 27 heavy (non-hydrogen) atoms. The summed E-state index contributed by atoms with van der Waals surface area (Å²) in [5.41, 5.74) is 3.79. The Hall–Kier alpha value is -2.09. The van der Waals surface area contributed by atoms with E-state index in [4.69, 9.17) is 4.74 Å². The van der Waals surface area contributed by atoms with Crippen LogP contribution in [0.15, 0.2) is 42.5 Å². The number of carbonyl (C=O) groups is 2. The minimum absolute atomic E-state index is 0.156. The highest BCUT2D eigenvalue weighted by Gasteiger charge is 2.35. The van der Waals surface area contributed by atoms with Gasteiger partial charge in [0.2, 0.25) is 5.91 Å². The lowest BCUT2D eigenvalue weighted by Crippen LogP contribution is -2.43. The van der Waals surface area contributed by atoms with E-state index in [2.05, 4.69) is 27.9 Å². The third-order valence-corrected chi connectivity index (χ3v) is 5.36. The van der Waals surface area contributed by atoms with Crippen molar-refractivity contribution in [3.8, 4) is 0 Å². The molecule has 2 aromatic rings.